The Morgan fingerprint density at radius 1 is 1.50 bits per heavy atom. The van der Waals surface area contributed by atoms with Gasteiger partial charge in [-0.1, -0.05) is 13.0 Å². The first-order valence-electron chi connectivity index (χ1n) is 5.41. The van der Waals surface area contributed by atoms with E-state index in [2.05, 4.69) is 34.7 Å². The molecular formula is C12H16N2S2. The number of hydrogen-bond acceptors (Lipinski definition) is 4. The molecule has 2 aromatic rings. The van der Waals surface area contributed by atoms with Gasteiger partial charge >= 0.3 is 0 Å². The van der Waals surface area contributed by atoms with E-state index >= 15 is 0 Å². The van der Waals surface area contributed by atoms with Crippen molar-refractivity contribution in [2.75, 3.05) is 6.54 Å². The van der Waals surface area contributed by atoms with Gasteiger partial charge in [0, 0.05) is 35.0 Å². The van der Waals surface area contributed by atoms with Gasteiger partial charge in [0.15, 0.2) is 0 Å². The summed E-state index contributed by atoms with van der Waals surface area (Å²) < 4.78 is 0. The molecule has 16 heavy (non-hydrogen) atoms. The van der Waals surface area contributed by atoms with Crippen molar-refractivity contribution in [1.82, 2.24) is 10.3 Å². The van der Waals surface area contributed by atoms with Gasteiger partial charge in [0.1, 0.15) is 0 Å². The Morgan fingerprint density at radius 3 is 3.00 bits per heavy atom. The van der Waals surface area contributed by atoms with Gasteiger partial charge in [-0.25, -0.2) is 4.98 Å². The molecule has 0 aliphatic heterocycles. The zero-order chi connectivity index (χ0) is 11.4. The van der Waals surface area contributed by atoms with Crippen molar-refractivity contribution in [3.8, 4) is 0 Å². The van der Waals surface area contributed by atoms with E-state index in [1.807, 2.05) is 24.5 Å². The summed E-state index contributed by atoms with van der Waals surface area (Å²) in [6.45, 7) is 6.26. The number of thiophene rings is 1. The third kappa shape index (κ3) is 3.14. The van der Waals surface area contributed by atoms with E-state index < -0.39 is 0 Å². The fourth-order valence-electron chi connectivity index (χ4n) is 1.57. The highest BCUT2D eigenvalue weighted by Crippen LogP contribution is 2.20. The summed E-state index contributed by atoms with van der Waals surface area (Å²) in [6, 6.07) is 4.32. The second-order valence-corrected chi connectivity index (χ2v) is 6.19. The first-order valence-corrected chi connectivity index (χ1v) is 7.10. The van der Waals surface area contributed by atoms with E-state index in [9.17, 15) is 0 Å². The summed E-state index contributed by atoms with van der Waals surface area (Å²) >= 11 is 3.60. The van der Waals surface area contributed by atoms with E-state index in [0.29, 0.717) is 5.92 Å². The smallest absolute Gasteiger partial charge is 0.0897 e. The average molecular weight is 252 g/mol. The zero-order valence-electron chi connectivity index (χ0n) is 9.56. The van der Waals surface area contributed by atoms with Crippen LogP contribution >= 0.6 is 22.7 Å². The van der Waals surface area contributed by atoms with Gasteiger partial charge in [-0.2, -0.15) is 0 Å². The molecule has 0 aromatic carbocycles. The molecule has 86 valence electrons. The van der Waals surface area contributed by atoms with Crippen LogP contribution < -0.4 is 5.32 Å². The molecular weight excluding hydrogens is 236 g/mol. The molecule has 2 aromatic heterocycles. The number of nitrogens with zero attached hydrogens (tertiary/aromatic N) is 1. The van der Waals surface area contributed by atoms with Crippen LogP contribution in [0.4, 0.5) is 0 Å². The van der Waals surface area contributed by atoms with Crippen LogP contribution in [0.5, 0.6) is 0 Å². The highest BCUT2D eigenvalue weighted by molar-refractivity contribution is 7.11. The van der Waals surface area contributed by atoms with Crippen LogP contribution in [0, 0.1) is 6.92 Å². The van der Waals surface area contributed by atoms with Crippen LogP contribution in [0.2, 0.25) is 0 Å². The maximum Gasteiger partial charge on any atom is 0.0897 e. The Morgan fingerprint density at radius 2 is 2.38 bits per heavy atom. The molecule has 1 atom stereocenters. The lowest BCUT2D eigenvalue weighted by Gasteiger charge is -2.09. The number of nitrogens with one attached hydrogen (secondary N) is 1. The molecule has 4 heteroatoms. The van der Waals surface area contributed by atoms with E-state index in [0.717, 1.165) is 18.1 Å². The van der Waals surface area contributed by atoms with Crippen LogP contribution in [-0.2, 0) is 6.54 Å². The molecule has 2 nitrogen and oxygen atoms in total. The molecule has 0 saturated carbocycles. The van der Waals surface area contributed by atoms with Crippen molar-refractivity contribution in [2.24, 2.45) is 0 Å². The van der Waals surface area contributed by atoms with Gasteiger partial charge in [-0.05, 0) is 18.4 Å². The molecule has 0 aliphatic carbocycles. The minimum Gasteiger partial charge on any atom is -0.311 e. The predicted octanol–water partition coefficient (Wildman–Crippen LogP) is 3.41. The van der Waals surface area contributed by atoms with E-state index in [-0.39, 0.29) is 0 Å². The molecule has 0 amide bonds. The lowest BCUT2D eigenvalue weighted by atomic mass is 10.1. The first kappa shape index (κ1) is 11.8. The van der Waals surface area contributed by atoms with Crippen LogP contribution in [0.15, 0.2) is 23.7 Å². The van der Waals surface area contributed by atoms with Crippen LogP contribution in [-0.4, -0.2) is 11.5 Å². The predicted molar refractivity (Wildman–Crippen MR) is 71.3 cm³/mol. The summed E-state index contributed by atoms with van der Waals surface area (Å²) in [4.78, 5) is 7.01. The number of aryl methyl sites for hydroxylation is 1. The standard InChI is InChI=1S/C12H16N2S2/c1-9(12-4-3-5-15-12)6-13-7-11-8-14-10(2)16-11/h3-5,8-9,13H,6-7H2,1-2H3. The zero-order valence-corrected chi connectivity index (χ0v) is 11.2. The average Bonchev–Trinajstić information content (AvgIpc) is 2.89. The van der Waals surface area contributed by atoms with Crippen LogP contribution in [0.1, 0.15) is 27.6 Å². The molecule has 0 saturated heterocycles. The van der Waals surface area contributed by atoms with Gasteiger partial charge in [0.2, 0.25) is 0 Å². The lowest BCUT2D eigenvalue weighted by molar-refractivity contribution is 0.625. The highest BCUT2D eigenvalue weighted by atomic mass is 32.1. The number of hydrogen-bond donors (Lipinski definition) is 1. The van der Waals surface area contributed by atoms with Gasteiger partial charge in [0.05, 0.1) is 5.01 Å². The summed E-state index contributed by atoms with van der Waals surface area (Å²) in [7, 11) is 0. The Balaban J connectivity index is 1.76. The summed E-state index contributed by atoms with van der Waals surface area (Å²) in [5.74, 6) is 0.592. The Labute approximate surface area is 104 Å². The lowest BCUT2D eigenvalue weighted by Crippen LogP contribution is -2.18. The van der Waals surface area contributed by atoms with Gasteiger partial charge in [-0.15, -0.1) is 22.7 Å². The normalized spacial score (nSPS) is 12.9. The van der Waals surface area contributed by atoms with E-state index in [1.165, 1.54) is 9.75 Å². The van der Waals surface area contributed by atoms with E-state index in [1.54, 1.807) is 11.3 Å². The number of rotatable bonds is 5. The van der Waals surface area contributed by atoms with Crippen molar-refractivity contribution in [2.45, 2.75) is 26.3 Å². The Bertz CT molecular complexity index is 420. The maximum atomic E-state index is 4.24. The van der Waals surface area contributed by atoms with Crippen molar-refractivity contribution in [1.29, 1.82) is 0 Å². The van der Waals surface area contributed by atoms with E-state index in [4.69, 9.17) is 0 Å². The molecule has 0 bridgehead atoms. The summed E-state index contributed by atoms with van der Waals surface area (Å²) in [6.07, 6.45) is 1.96. The summed E-state index contributed by atoms with van der Waals surface area (Å²) in [5.41, 5.74) is 0. The van der Waals surface area contributed by atoms with Crippen molar-refractivity contribution < 1.29 is 0 Å². The van der Waals surface area contributed by atoms with Crippen LogP contribution in [0.3, 0.4) is 0 Å². The molecule has 0 fully saturated rings. The van der Waals surface area contributed by atoms with Crippen LogP contribution in [0.25, 0.3) is 0 Å². The monoisotopic (exact) mass is 252 g/mol. The Kier molecular flexibility index (Phi) is 4.09. The minimum atomic E-state index is 0.592. The molecule has 0 radical (unpaired) electrons. The molecule has 1 unspecified atom stereocenters. The van der Waals surface area contributed by atoms with Gasteiger partial charge in [0.25, 0.3) is 0 Å². The molecule has 0 aliphatic rings. The fourth-order valence-corrected chi connectivity index (χ4v) is 3.12. The SMILES string of the molecule is Cc1ncc(CNCC(C)c2cccs2)s1. The Hall–Kier alpha value is -0.710. The largest absolute Gasteiger partial charge is 0.311 e. The number of thiazole rings is 1. The molecule has 1 N–H and O–H groups in total. The quantitative estimate of drug-likeness (QED) is 0.882. The molecule has 2 rings (SSSR count). The topological polar surface area (TPSA) is 24.9 Å². The second-order valence-electron chi connectivity index (χ2n) is 3.89. The third-order valence-electron chi connectivity index (χ3n) is 2.45. The fraction of sp³-hybridized carbons (Fsp3) is 0.417. The van der Waals surface area contributed by atoms with Gasteiger partial charge < -0.3 is 5.32 Å². The van der Waals surface area contributed by atoms with Crippen molar-refractivity contribution in [3.05, 3.63) is 38.5 Å². The minimum absolute atomic E-state index is 0.592. The maximum absolute atomic E-state index is 4.24. The first-order chi connectivity index (χ1) is 7.75. The second kappa shape index (κ2) is 5.57. The van der Waals surface area contributed by atoms with Gasteiger partial charge in [-0.3, -0.25) is 0 Å². The van der Waals surface area contributed by atoms with Crippen molar-refractivity contribution in [3.63, 3.8) is 0 Å². The molecule has 0 spiro atoms. The van der Waals surface area contributed by atoms with Crippen molar-refractivity contribution >= 4 is 22.7 Å². The highest BCUT2D eigenvalue weighted by Gasteiger charge is 2.06. The summed E-state index contributed by atoms with van der Waals surface area (Å²) in [5, 5.41) is 6.76. The molecule has 2 heterocycles. The number of aromatic nitrogens is 1. The third-order valence-corrected chi connectivity index (χ3v) is 4.46.